The molecule has 0 bridgehead atoms. The van der Waals surface area contributed by atoms with E-state index in [0.717, 1.165) is 16.7 Å². The molecular formula is C28H27N3O2. The van der Waals surface area contributed by atoms with Crippen LogP contribution in [0.1, 0.15) is 26.3 Å². The number of para-hydroxylation sites is 1. The lowest BCUT2D eigenvalue weighted by Gasteiger charge is -2.20. The van der Waals surface area contributed by atoms with Crippen molar-refractivity contribution in [1.29, 1.82) is 0 Å². The molecule has 1 heterocycles. The van der Waals surface area contributed by atoms with Gasteiger partial charge in [0.2, 0.25) is 5.91 Å². The maximum Gasteiger partial charge on any atom is 0.275 e. The number of hydrogen-bond acceptors (Lipinski definition) is 3. The van der Waals surface area contributed by atoms with Gasteiger partial charge in [0.1, 0.15) is 0 Å². The van der Waals surface area contributed by atoms with E-state index in [1.54, 1.807) is 6.20 Å². The minimum Gasteiger partial charge on any atom is -0.325 e. The molecule has 3 aromatic carbocycles. The monoisotopic (exact) mass is 437 g/mol. The Morgan fingerprint density at radius 1 is 0.848 bits per heavy atom. The van der Waals surface area contributed by atoms with Gasteiger partial charge in [-0.1, -0.05) is 99.6 Å². The van der Waals surface area contributed by atoms with E-state index < -0.39 is 5.41 Å². The van der Waals surface area contributed by atoms with Gasteiger partial charge in [0, 0.05) is 22.2 Å². The zero-order valence-corrected chi connectivity index (χ0v) is 19.1. The second-order valence-electron chi connectivity index (χ2n) is 9.00. The fraction of sp³-hybridized carbons (Fsp3) is 0.179. The first-order chi connectivity index (χ1) is 15.8. The smallest absolute Gasteiger partial charge is 0.275 e. The van der Waals surface area contributed by atoms with Crippen LogP contribution in [-0.2, 0) is 11.3 Å². The van der Waals surface area contributed by atoms with E-state index in [9.17, 15) is 9.59 Å². The summed E-state index contributed by atoms with van der Waals surface area (Å²) in [6.07, 6.45) is 1.72. The van der Waals surface area contributed by atoms with Gasteiger partial charge < -0.3 is 5.32 Å². The number of nitrogens with zero attached hydrogens (tertiary/aromatic N) is 2. The largest absolute Gasteiger partial charge is 0.325 e. The normalized spacial score (nSPS) is 11.2. The van der Waals surface area contributed by atoms with Crippen LogP contribution in [0.2, 0.25) is 0 Å². The average molecular weight is 438 g/mol. The van der Waals surface area contributed by atoms with Gasteiger partial charge in [-0.05, 0) is 17.2 Å². The molecule has 33 heavy (non-hydrogen) atoms. The molecule has 1 amide bonds. The van der Waals surface area contributed by atoms with Gasteiger partial charge in [-0.15, -0.1) is 0 Å². The molecule has 0 saturated heterocycles. The standard InChI is InChI=1S/C28H27N3O2/c1-28(2,3)27(33)30-24-17-11-10-16-22(24)23-18-29-31(19-20-12-6-4-7-13-20)26(32)25(23)21-14-8-5-9-15-21/h4-18H,19H2,1-3H3,(H,30,33). The third-order valence-electron chi connectivity index (χ3n) is 5.43. The number of rotatable bonds is 5. The van der Waals surface area contributed by atoms with Crippen molar-refractivity contribution in [2.24, 2.45) is 5.41 Å². The van der Waals surface area contributed by atoms with Gasteiger partial charge in [0.25, 0.3) is 5.56 Å². The maximum atomic E-state index is 13.7. The number of amides is 1. The van der Waals surface area contributed by atoms with Crippen LogP contribution in [-0.4, -0.2) is 15.7 Å². The minimum atomic E-state index is -0.549. The fourth-order valence-electron chi connectivity index (χ4n) is 3.58. The molecule has 4 aromatic rings. The third-order valence-corrected chi connectivity index (χ3v) is 5.43. The minimum absolute atomic E-state index is 0.0958. The molecule has 0 aliphatic carbocycles. The summed E-state index contributed by atoms with van der Waals surface area (Å²) in [4.78, 5) is 26.4. The van der Waals surface area contributed by atoms with Crippen molar-refractivity contribution < 1.29 is 4.79 Å². The number of aromatic nitrogens is 2. The molecule has 0 unspecified atom stereocenters. The topological polar surface area (TPSA) is 64.0 Å². The highest BCUT2D eigenvalue weighted by Gasteiger charge is 2.23. The number of carbonyl (C=O) groups is 1. The SMILES string of the molecule is CC(C)(C)C(=O)Nc1ccccc1-c1cnn(Cc2ccccc2)c(=O)c1-c1ccccc1. The predicted octanol–water partition coefficient (Wildman–Crippen LogP) is 5.61. The van der Waals surface area contributed by atoms with Crippen molar-refractivity contribution in [1.82, 2.24) is 9.78 Å². The Labute approximate surface area is 193 Å². The summed E-state index contributed by atoms with van der Waals surface area (Å²) in [5.74, 6) is -0.0958. The summed E-state index contributed by atoms with van der Waals surface area (Å²) >= 11 is 0. The Kier molecular flexibility index (Phi) is 6.22. The second-order valence-corrected chi connectivity index (χ2v) is 9.00. The first-order valence-electron chi connectivity index (χ1n) is 10.9. The van der Waals surface area contributed by atoms with Crippen molar-refractivity contribution in [3.8, 4) is 22.3 Å². The highest BCUT2D eigenvalue weighted by Crippen LogP contribution is 2.34. The van der Waals surface area contributed by atoms with Crippen LogP contribution in [0.3, 0.4) is 0 Å². The number of nitrogens with one attached hydrogen (secondary N) is 1. The van der Waals surface area contributed by atoms with Crippen LogP contribution in [0.4, 0.5) is 5.69 Å². The van der Waals surface area contributed by atoms with Crippen LogP contribution in [0, 0.1) is 5.41 Å². The highest BCUT2D eigenvalue weighted by molar-refractivity contribution is 5.99. The summed E-state index contributed by atoms with van der Waals surface area (Å²) in [6.45, 7) is 5.98. The average Bonchev–Trinajstić information content (AvgIpc) is 2.81. The molecule has 0 saturated carbocycles. The molecule has 0 aliphatic rings. The van der Waals surface area contributed by atoms with E-state index in [4.69, 9.17) is 0 Å². The molecule has 1 aromatic heterocycles. The van der Waals surface area contributed by atoms with E-state index in [1.807, 2.05) is 106 Å². The second kappa shape index (κ2) is 9.25. The van der Waals surface area contributed by atoms with Crippen LogP contribution in [0.25, 0.3) is 22.3 Å². The number of carbonyl (C=O) groups excluding carboxylic acids is 1. The first kappa shape index (κ1) is 22.2. The zero-order valence-electron chi connectivity index (χ0n) is 19.1. The zero-order chi connectivity index (χ0) is 23.4. The van der Waals surface area contributed by atoms with Gasteiger partial charge >= 0.3 is 0 Å². The van der Waals surface area contributed by atoms with Crippen LogP contribution in [0.15, 0.2) is 95.9 Å². The fourth-order valence-corrected chi connectivity index (χ4v) is 3.58. The van der Waals surface area contributed by atoms with Crippen molar-refractivity contribution in [2.75, 3.05) is 5.32 Å². The molecule has 0 radical (unpaired) electrons. The van der Waals surface area contributed by atoms with E-state index in [0.29, 0.717) is 23.4 Å². The van der Waals surface area contributed by atoms with Crippen molar-refractivity contribution in [3.05, 3.63) is 107 Å². The lowest BCUT2D eigenvalue weighted by Crippen LogP contribution is -2.28. The Hall–Kier alpha value is -3.99. The van der Waals surface area contributed by atoms with Crippen molar-refractivity contribution in [2.45, 2.75) is 27.3 Å². The summed E-state index contributed by atoms with van der Waals surface area (Å²) in [7, 11) is 0. The van der Waals surface area contributed by atoms with Gasteiger partial charge in [-0.25, -0.2) is 4.68 Å². The van der Waals surface area contributed by atoms with Gasteiger partial charge in [-0.2, -0.15) is 5.10 Å². The molecule has 4 rings (SSSR count). The number of hydrogen-bond donors (Lipinski definition) is 1. The summed E-state index contributed by atoms with van der Waals surface area (Å²) in [5.41, 5.74) is 3.71. The number of anilines is 1. The molecular weight excluding hydrogens is 410 g/mol. The van der Waals surface area contributed by atoms with E-state index in [-0.39, 0.29) is 11.5 Å². The Morgan fingerprint density at radius 2 is 1.45 bits per heavy atom. The van der Waals surface area contributed by atoms with Crippen LogP contribution in [0.5, 0.6) is 0 Å². The molecule has 0 fully saturated rings. The Bertz CT molecular complexity index is 1320. The van der Waals surface area contributed by atoms with Gasteiger partial charge in [-0.3, -0.25) is 9.59 Å². The highest BCUT2D eigenvalue weighted by atomic mass is 16.2. The third kappa shape index (κ3) is 4.93. The van der Waals surface area contributed by atoms with E-state index in [1.165, 1.54) is 4.68 Å². The van der Waals surface area contributed by atoms with Gasteiger partial charge in [0.05, 0.1) is 18.3 Å². The van der Waals surface area contributed by atoms with E-state index in [2.05, 4.69) is 10.4 Å². The molecule has 5 heteroatoms. The van der Waals surface area contributed by atoms with Gasteiger partial charge in [0.15, 0.2) is 0 Å². The quantitative estimate of drug-likeness (QED) is 0.441. The Balaban J connectivity index is 1.87. The summed E-state index contributed by atoms with van der Waals surface area (Å²) in [5, 5.41) is 7.52. The summed E-state index contributed by atoms with van der Waals surface area (Å²) < 4.78 is 1.48. The lowest BCUT2D eigenvalue weighted by atomic mass is 9.93. The maximum absolute atomic E-state index is 13.7. The molecule has 5 nitrogen and oxygen atoms in total. The lowest BCUT2D eigenvalue weighted by molar-refractivity contribution is -0.123. The molecule has 166 valence electrons. The number of benzene rings is 3. The van der Waals surface area contributed by atoms with E-state index >= 15 is 0 Å². The van der Waals surface area contributed by atoms with Crippen LogP contribution >= 0.6 is 0 Å². The molecule has 0 spiro atoms. The Morgan fingerprint density at radius 3 is 2.12 bits per heavy atom. The molecule has 0 aliphatic heterocycles. The molecule has 0 atom stereocenters. The predicted molar refractivity (Wildman–Crippen MR) is 133 cm³/mol. The van der Waals surface area contributed by atoms with Crippen LogP contribution < -0.4 is 10.9 Å². The van der Waals surface area contributed by atoms with Crippen molar-refractivity contribution >= 4 is 11.6 Å². The van der Waals surface area contributed by atoms with Crippen molar-refractivity contribution in [3.63, 3.8) is 0 Å². The summed E-state index contributed by atoms with van der Waals surface area (Å²) in [6, 6.07) is 26.9. The molecule has 1 N–H and O–H groups in total. The first-order valence-corrected chi connectivity index (χ1v) is 10.9.